The zero-order valence-electron chi connectivity index (χ0n) is 17.8. The van der Waals surface area contributed by atoms with E-state index in [9.17, 15) is 4.79 Å². The highest BCUT2D eigenvalue weighted by Crippen LogP contribution is 2.25. The molecule has 0 fully saturated rings. The Morgan fingerprint density at radius 1 is 0.912 bits per heavy atom. The van der Waals surface area contributed by atoms with Crippen molar-refractivity contribution in [3.8, 4) is 11.5 Å². The summed E-state index contributed by atoms with van der Waals surface area (Å²) in [6, 6.07) is 21.8. The number of benzene rings is 2. The number of halogens is 1. The molecule has 0 aliphatic heterocycles. The third-order valence-electron chi connectivity index (χ3n) is 4.87. The SMILES string of the molecule is O.O=C(Nc1ccccc1)Nc1nc(-c2ccccn2)nc2nn(Cc3ccccc3Cl)cc12. The maximum absolute atomic E-state index is 12.7. The van der Waals surface area contributed by atoms with E-state index in [0.717, 1.165) is 5.56 Å². The van der Waals surface area contributed by atoms with Crippen molar-refractivity contribution in [1.29, 1.82) is 0 Å². The van der Waals surface area contributed by atoms with Crippen LogP contribution in [0.3, 0.4) is 0 Å². The fourth-order valence-electron chi connectivity index (χ4n) is 3.33. The lowest BCUT2D eigenvalue weighted by atomic mass is 10.2. The minimum Gasteiger partial charge on any atom is -0.412 e. The maximum atomic E-state index is 12.7. The van der Waals surface area contributed by atoms with Gasteiger partial charge < -0.3 is 10.8 Å². The summed E-state index contributed by atoms with van der Waals surface area (Å²) < 4.78 is 1.73. The summed E-state index contributed by atoms with van der Waals surface area (Å²) >= 11 is 6.31. The minimum atomic E-state index is -0.424. The van der Waals surface area contributed by atoms with Crippen LogP contribution >= 0.6 is 11.6 Å². The summed E-state index contributed by atoms with van der Waals surface area (Å²) in [6.07, 6.45) is 3.45. The van der Waals surface area contributed by atoms with Crippen LogP contribution in [0.2, 0.25) is 5.02 Å². The van der Waals surface area contributed by atoms with Gasteiger partial charge >= 0.3 is 6.03 Å². The van der Waals surface area contributed by atoms with Crippen molar-refractivity contribution in [2.75, 3.05) is 10.6 Å². The number of rotatable bonds is 5. The molecule has 0 aliphatic rings. The van der Waals surface area contributed by atoms with Gasteiger partial charge in [0.05, 0.1) is 11.9 Å². The van der Waals surface area contributed by atoms with Gasteiger partial charge in [0.1, 0.15) is 11.5 Å². The highest BCUT2D eigenvalue weighted by atomic mass is 35.5. The summed E-state index contributed by atoms with van der Waals surface area (Å²) in [5, 5.41) is 11.5. The van der Waals surface area contributed by atoms with E-state index in [0.29, 0.717) is 45.6 Å². The minimum absolute atomic E-state index is 0. The molecule has 2 aromatic carbocycles. The van der Waals surface area contributed by atoms with Gasteiger partial charge in [-0.25, -0.2) is 14.8 Å². The number of fused-ring (bicyclic) bond motifs is 1. The van der Waals surface area contributed by atoms with E-state index in [-0.39, 0.29) is 5.48 Å². The Morgan fingerprint density at radius 2 is 1.68 bits per heavy atom. The van der Waals surface area contributed by atoms with E-state index in [4.69, 9.17) is 11.6 Å². The Morgan fingerprint density at radius 3 is 2.44 bits per heavy atom. The van der Waals surface area contributed by atoms with Gasteiger partial charge in [-0.15, -0.1) is 0 Å². The number of carbonyl (C=O) groups is 1. The number of nitrogens with zero attached hydrogens (tertiary/aromatic N) is 5. The smallest absolute Gasteiger partial charge is 0.324 e. The number of pyridine rings is 1. The lowest BCUT2D eigenvalue weighted by Crippen LogP contribution is -2.20. The molecule has 0 saturated heterocycles. The van der Waals surface area contributed by atoms with Crippen LogP contribution < -0.4 is 10.6 Å². The van der Waals surface area contributed by atoms with Crippen LogP contribution in [0, 0.1) is 0 Å². The Balaban J connectivity index is 0.00000274. The predicted octanol–water partition coefficient (Wildman–Crippen LogP) is 4.41. The normalized spacial score (nSPS) is 10.5. The van der Waals surface area contributed by atoms with Gasteiger partial charge in [-0.3, -0.25) is 15.0 Å². The van der Waals surface area contributed by atoms with Crippen molar-refractivity contribution in [1.82, 2.24) is 24.7 Å². The molecule has 3 aromatic heterocycles. The Kier molecular flexibility index (Phi) is 6.77. The molecule has 2 amide bonds. The molecule has 4 N–H and O–H groups in total. The Bertz CT molecular complexity index is 1430. The van der Waals surface area contributed by atoms with Crippen molar-refractivity contribution in [3.05, 3.63) is 95.8 Å². The number of amides is 2. The summed E-state index contributed by atoms with van der Waals surface area (Å²) in [5.41, 5.74) is 2.60. The number of nitrogens with one attached hydrogen (secondary N) is 2. The second-order valence-corrected chi connectivity index (χ2v) is 7.62. The first-order chi connectivity index (χ1) is 16.2. The first-order valence-corrected chi connectivity index (χ1v) is 10.6. The van der Waals surface area contributed by atoms with E-state index in [1.165, 1.54) is 0 Å². The summed E-state index contributed by atoms with van der Waals surface area (Å²) in [4.78, 5) is 26.1. The number of para-hydroxylation sites is 1. The number of aromatic nitrogens is 5. The molecule has 0 atom stereocenters. The summed E-state index contributed by atoms with van der Waals surface area (Å²) in [6.45, 7) is 0.449. The van der Waals surface area contributed by atoms with Crippen molar-refractivity contribution in [2.45, 2.75) is 6.54 Å². The van der Waals surface area contributed by atoms with Crippen LogP contribution in [0.1, 0.15) is 5.56 Å². The highest BCUT2D eigenvalue weighted by molar-refractivity contribution is 6.31. The largest absolute Gasteiger partial charge is 0.412 e. The van der Waals surface area contributed by atoms with Gasteiger partial charge in [-0.2, -0.15) is 5.10 Å². The number of urea groups is 1. The van der Waals surface area contributed by atoms with E-state index in [2.05, 4.69) is 30.7 Å². The fourth-order valence-corrected chi connectivity index (χ4v) is 3.53. The molecule has 170 valence electrons. The number of carbonyl (C=O) groups excluding carboxylic acids is 1. The number of hydrogen-bond acceptors (Lipinski definition) is 5. The van der Waals surface area contributed by atoms with Crippen LogP contribution in [0.4, 0.5) is 16.3 Å². The molecule has 0 bridgehead atoms. The molecular formula is C24H20ClN7O2. The summed E-state index contributed by atoms with van der Waals surface area (Å²) in [5.74, 6) is 0.695. The molecule has 0 aliphatic carbocycles. The molecule has 0 saturated carbocycles. The lowest BCUT2D eigenvalue weighted by Gasteiger charge is -2.08. The molecular weight excluding hydrogens is 454 g/mol. The van der Waals surface area contributed by atoms with Crippen LogP contribution in [-0.2, 0) is 6.54 Å². The third-order valence-corrected chi connectivity index (χ3v) is 5.24. The first kappa shape index (κ1) is 22.8. The van der Waals surface area contributed by atoms with Crippen LogP contribution in [-0.4, -0.2) is 36.2 Å². The third kappa shape index (κ3) is 5.01. The second kappa shape index (κ2) is 10.1. The lowest BCUT2D eigenvalue weighted by molar-refractivity contribution is 0.262. The molecule has 5 aromatic rings. The van der Waals surface area contributed by atoms with Crippen molar-refractivity contribution >= 4 is 40.2 Å². The van der Waals surface area contributed by atoms with Crippen LogP contribution in [0.15, 0.2) is 85.2 Å². The Hall–Kier alpha value is -4.34. The zero-order valence-corrected chi connectivity index (χ0v) is 18.6. The molecule has 0 radical (unpaired) electrons. The van der Waals surface area contributed by atoms with Crippen molar-refractivity contribution in [3.63, 3.8) is 0 Å². The van der Waals surface area contributed by atoms with Crippen molar-refractivity contribution < 1.29 is 10.3 Å². The van der Waals surface area contributed by atoms with Crippen molar-refractivity contribution in [2.24, 2.45) is 0 Å². The quantitative estimate of drug-likeness (QED) is 0.390. The van der Waals surface area contributed by atoms with Crippen LogP contribution in [0.25, 0.3) is 22.6 Å². The van der Waals surface area contributed by atoms with Gasteiger partial charge in [0.25, 0.3) is 0 Å². The average molecular weight is 474 g/mol. The van der Waals surface area contributed by atoms with E-state index < -0.39 is 6.03 Å². The molecule has 10 heteroatoms. The first-order valence-electron chi connectivity index (χ1n) is 10.2. The molecule has 0 spiro atoms. The number of hydrogen-bond donors (Lipinski definition) is 2. The van der Waals surface area contributed by atoms with Gasteiger partial charge in [0.15, 0.2) is 11.5 Å². The molecule has 9 nitrogen and oxygen atoms in total. The van der Waals surface area contributed by atoms with Gasteiger partial charge in [-0.05, 0) is 35.9 Å². The maximum Gasteiger partial charge on any atom is 0.324 e. The second-order valence-electron chi connectivity index (χ2n) is 7.21. The molecule has 3 heterocycles. The number of anilines is 2. The van der Waals surface area contributed by atoms with Crippen LogP contribution in [0.5, 0.6) is 0 Å². The Labute approximate surface area is 199 Å². The fraction of sp³-hybridized carbons (Fsp3) is 0.0417. The average Bonchev–Trinajstić information content (AvgIpc) is 3.24. The standard InChI is InChI=1S/C24H18ClN7O.H2O/c25-19-11-5-4-8-16(19)14-32-15-18-21(30-24(33)27-17-9-2-1-3-10-17)28-23(29-22(18)31-32)20-12-6-7-13-26-20;/h1-13,15H,14H2,(H2,27,28,29,30,31,33);1H2. The predicted molar refractivity (Wildman–Crippen MR) is 132 cm³/mol. The molecule has 5 rings (SSSR count). The molecule has 0 unspecified atom stereocenters. The van der Waals surface area contributed by atoms with E-state index in [1.807, 2.05) is 54.6 Å². The monoisotopic (exact) mass is 473 g/mol. The van der Waals surface area contributed by atoms with E-state index in [1.54, 1.807) is 35.3 Å². The highest BCUT2D eigenvalue weighted by Gasteiger charge is 2.16. The van der Waals surface area contributed by atoms with Gasteiger partial charge in [-0.1, -0.05) is 54.1 Å². The topological polar surface area (TPSA) is 129 Å². The summed E-state index contributed by atoms with van der Waals surface area (Å²) in [7, 11) is 0. The van der Waals surface area contributed by atoms with E-state index >= 15 is 0 Å². The zero-order chi connectivity index (χ0) is 22.6. The van der Waals surface area contributed by atoms with Gasteiger partial charge in [0, 0.05) is 23.1 Å². The molecule has 34 heavy (non-hydrogen) atoms. The van der Waals surface area contributed by atoms with Gasteiger partial charge in [0.2, 0.25) is 0 Å².